The maximum atomic E-state index is 10.1. The third-order valence-electron chi connectivity index (χ3n) is 5.69. The minimum absolute atomic E-state index is 0.0585. The van der Waals surface area contributed by atoms with Crippen molar-refractivity contribution in [3.8, 4) is 0 Å². The van der Waals surface area contributed by atoms with Crippen LogP contribution in [0.4, 0.5) is 0 Å². The van der Waals surface area contributed by atoms with E-state index >= 15 is 0 Å². The molecule has 0 bridgehead atoms. The minimum atomic E-state index is -0.0585. The van der Waals surface area contributed by atoms with Crippen LogP contribution in [-0.4, -0.2) is 89.0 Å². The molecule has 0 radical (unpaired) electrons. The van der Waals surface area contributed by atoms with E-state index in [1.54, 1.807) is 0 Å². The first-order valence-corrected chi connectivity index (χ1v) is 12.0. The summed E-state index contributed by atoms with van der Waals surface area (Å²) in [5.41, 5.74) is -0.0585. The number of unbranched alkanes of at least 4 members (excludes halogenated alkanes) is 6. The van der Waals surface area contributed by atoms with Gasteiger partial charge in [0.15, 0.2) is 0 Å². The summed E-state index contributed by atoms with van der Waals surface area (Å²) in [5, 5.41) is 13.4. The molecular formula is C23H48N2O4. The fourth-order valence-corrected chi connectivity index (χ4v) is 3.75. The molecule has 0 aliphatic carbocycles. The number of hydrogen-bond acceptors (Lipinski definition) is 6. The standard InChI is InChI=1S/C23H48N2O4/c1-3-4-5-6-7-8-9-10-23(2,22-26)21-25-13-17-27-15-11-24-12-16-28-19-20-29-18-14-25/h24,26H,3-22H2,1-2H3. The number of hydrogen-bond donors (Lipinski definition) is 2. The smallest absolute Gasteiger partial charge is 0.0701 e. The van der Waals surface area contributed by atoms with E-state index in [2.05, 4.69) is 24.1 Å². The highest BCUT2D eigenvalue weighted by molar-refractivity contribution is 4.78. The zero-order valence-corrected chi connectivity index (χ0v) is 19.3. The summed E-state index contributed by atoms with van der Waals surface area (Å²) in [5.74, 6) is 0. The van der Waals surface area contributed by atoms with Gasteiger partial charge >= 0.3 is 0 Å². The predicted molar refractivity (Wildman–Crippen MR) is 120 cm³/mol. The monoisotopic (exact) mass is 416 g/mol. The van der Waals surface area contributed by atoms with Gasteiger partial charge in [-0.05, 0) is 6.42 Å². The third-order valence-corrected chi connectivity index (χ3v) is 5.69. The highest BCUT2D eigenvalue weighted by Gasteiger charge is 2.26. The summed E-state index contributed by atoms with van der Waals surface area (Å²) in [4.78, 5) is 2.39. The van der Waals surface area contributed by atoms with Crippen molar-refractivity contribution in [3.63, 3.8) is 0 Å². The van der Waals surface area contributed by atoms with Gasteiger partial charge in [0.2, 0.25) is 0 Å². The molecule has 1 heterocycles. The number of aliphatic hydroxyl groups is 1. The van der Waals surface area contributed by atoms with Crippen LogP contribution in [0.25, 0.3) is 0 Å². The zero-order valence-electron chi connectivity index (χ0n) is 19.3. The summed E-state index contributed by atoms with van der Waals surface area (Å²) < 4.78 is 17.1. The van der Waals surface area contributed by atoms with E-state index in [-0.39, 0.29) is 12.0 Å². The Hall–Kier alpha value is -0.240. The van der Waals surface area contributed by atoms with Crippen LogP contribution in [-0.2, 0) is 14.2 Å². The fraction of sp³-hybridized carbons (Fsp3) is 1.00. The van der Waals surface area contributed by atoms with Crippen molar-refractivity contribution in [3.05, 3.63) is 0 Å². The highest BCUT2D eigenvalue weighted by Crippen LogP contribution is 2.26. The molecule has 1 atom stereocenters. The highest BCUT2D eigenvalue weighted by atomic mass is 16.5. The Morgan fingerprint density at radius 2 is 1.34 bits per heavy atom. The molecule has 2 N–H and O–H groups in total. The lowest BCUT2D eigenvalue weighted by Crippen LogP contribution is -2.41. The molecule has 1 rings (SSSR count). The summed E-state index contributed by atoms with van der Waals surface area (Å²) in [6.07, 6.45) is 10.2. The van der Waals surface area contributed by atoms with Gasteiger partial charge in [0.05, 0.1) is 39.6 Å². The minimum Gasteiger partial charge on any atom is -0.396 e. The van der Waals surface area contributed by atoms with E-state index in [1.165, 1.54) is 44.9 Å². The summed E-state index contributed by atoms with van der Waals surface area (Å²) in [6, 6.07) is 0. The maximum absolute atomic E-state index is 10.1. The van der Waals surface area contributed by atoms with E-state index < -0.39 is 0 Å². The van der Waals surface area contributed by atoms with Crippen molar-refractivity contribution < 1.29 is 19.3 Å². The largest absolute Gasteiger partial charge is 0.396 e. The van der Waals surface area contributed by atoms with Crippen molar-refractivity contribution in [2.45, 2.75) is 65.2 Å². The van der Waals surface area contributed by atoms with Gasteiger partial charge in [-0.1, -0.05) is 58.8 Å². The van der Waals surface area contributed by atoms with Crippen LogP contribution in [0.1, 0.15) is 65.2 Å². The molecule has 0 saturated carbocycles. The first-order chi connectivity index (χ1) is 14.2. The number of aliphatic hydroxyl groups excluding tert-OH is 1. The van der Waals surface area contributed by atoms with Gasteiger partial charge in [0, 0.05) is 44.7 Å². The molecule has 29 heavy (non-hydrogen) atoms. The summed E-state index contributed by atoms with van der Waals surface area (Å²) in [7, 11) is 0. The molecule has 0 amide bonds. The number of rotatable bonds is 11. The van der Waals surface area contributed by atoms with Crippen LogP contribution >= 0.6 is 0 Å². The van der Waals surface area contributed by atoms with Crippen LogP contribution in [0.15, 0.2) is 0 Å². The van der Waals surface area contributed by atoms with Gasteiger partial charge in [-0.2, -0.15) is 0 Å². The van der Waals surface area contributed by atoms with Crippen LogP contribution in [0.5, 0.6) is 0 Å². The number of nitrogens with zero attached hydrogens (tertiary/aromatic N) is 1. The van der Waals surface area contributed by atoms with Crippen molar-refractivity contribution in [2.75, 3.05) is 79.0 Å². The van der Waals surface area contributed by atoms with Gasteiger partial charge in [0.1, 0.15) is 0 Å². The molecule has 1 fully saturated rings. The topological polar surface area (TPSA) is 63.2 Å². The van der Waals surface area contributed by atoms with Gasteiger partial charge in [-0.15, -0.1) is 0 Å². The lowest BCUT2D eigenvalue weighted by atomic mass is 9.84. The number of nitrogens with one attached hydrogen (secondary N) is 1. The Morgan fingerprint density at radius 3 is 1.97 bits per heavy atom. The Labute approximate surface area is 179 Å². The molecule has 1 aliphatic heterocycles. The molecule has 6 heteroatoms. The van der Waals surface area contributed by atoms with Crippen molar-refractivity contribution in [2.24, 2.45) is 5.41 Å². The molecule has 1 saturated heterocycles. The van der Waals surface area contributed by atoms with Crippen molar-refractivity contribution >= 4 is 0 Å². The third kappa shape index (κ3) is 15.2. The van der Waals surface area contributed by atoms with E-state index in [4.69, 9.17) is 14.2 Å². The SMILES string of the molecule is CCCCCCCCCC(C)(CO)CN1CCOCCNCCOCCOCC1. The molecule has 6 nitrogen and oxygen atoms in total. The second kappa shape index (κ2) is 18.5. The average Bonchev–Trinajstić information content (AvgIpc) is 2.73. The predicted octanol–water partition coefficient (Wildman–Crippen LogP) is 3.08. The lowest BCUT2D eigenvalue weighted by molar-refractivity contribution is 0.0206. The van der Waals surface area contributed by atoms with Crippen LogP contribution in [0, 0.1) is 5.41 Å². The van der Waals surface area contributed by atoms with Gasteiger partial charge in [0.25, 0.3) is 0 Å². The van der Waals surface area contributed by atoms with Gasteiger partial charge < -0.3 is 24.6 Å². The molecule has 0 aromatic carbocycles. The second-order valence-electron chi connectivity index (χ2n) is 8.70. The van der Waals surface area contributed by atoms with Crippen LogP contribution < -0.4 is 5.32 Å². The Kier molecular flexibility index (Phi) is 17.1. The molecule has 1 unspecified atom stereocenters. The van der Waals surface area contributed by atoms with E-state index in [0.717, 1.165) is 52.4 Å². The average molecular weight is 417 g/mol. The zero-order chi connectivity index (χ0) is 21.0. The van der Waals surface area contributed by atoms with Gasteiger partial charge in [-0.25, -0.2) is 0 Å². The normalized spacial score (nSPS) is 21.2. The van der Waals surface area contributed by atoms with E-state index in [0.29, 0.717) is 26.4 Å². The number of ether oxygens (including phenoxy) is 3. The Balaban J connectivity index is 2.37. The fourth-order valence-electron chi connectivity index (χ4n) is 3.75. The molecule has 0 aromatic heterocycles. The Morgan fingerprint density at radius 1 is 0.793 bits per heavy atom. The molecule has 0 spiro atoms. The maximum Gasteiger partial charge on any atom is 0.0701 e. The summed E-state index contributed by atoms with van der Waals surface area (Å²) >= 11 is 0. The summed E-state index contributed by atoms with van der Waals surface area (Å²) in [6.45, 7) is 13.2. The lowest BCUT2D eigenvalue weighted by Gasteiger charge is -2.34. The first-order valence-electron chi connectivity index (χ1n) is 12.0. The van der Waals surface area contributed by atoms with E-state index in [1.807, 2.05) is 0 Å². The molecule has 1 aliphatic rings. The quantitative estimate of drug-likeness (QED) is 0.505. The van der Waals surface area contributed by atoms with Crippen LogP contribution in [0.3, 0.4) is 0 Å². The first kappa shape index (κ1) is 26.8. The molecule has 0 aromatic rings. The van der Waals surface area contributed by atoms with E-state index in [9.17, 15) is 5.11 Å². The van der Waals surface area contributed by atoms with Crippen molar-refractivity contribution in [1.82, 2.24) is 10.2 Å². The van der Waals surface area contributed by atoms with Gasteiger partial charge in [-0.3, -0.25) is 4.90 Å². The molecular weight excluding hydrogens is 368 g/mol. The second-order valence-corrected chi connectivity index (χ2v) is 8.70. The van der Waals surface area contributed by atoms with Crippen molar-refractivity contribution in [1.29, 1.82) is 0 Å². The van der Waals surface area contributed by atoms with Crippen LogP contribution in [0.2, 0.25) is 0 Å². The molecule has 174 valence electrons. The Bertz CT molecular complexity index is 344.